The Balaban J connectivity index is 2.14. The number of rotatable bonds is 3. The van der Waals surface area contributed by atoms with Gasteiger partial charge in [0, 0.05) is 20.2 Å². The molecular formula is C9H13IN4O2. The number of aromatic amines is 1. The number of hydrogen-bond acceptors (Lipinski definition) is 5. The van der Waals surface area contributed by atoms with Crippen LogP contribution < -0.4 is 16.2 Å². The van der Waals surface area contributed by atoms with Crippen LogP contribution in [0.4, 0.5) is 5.82 Å². The SMILES string of the molecule is CO[C@H]1CNCC1Nc1nc[nH]c(=O)c1I. The van der Waals surface area contributed by atoms with Crippen LogP contribution in [0, 0.1) is 3.57 Å². The quantitative estimate of drug-likeness (QED) is 0.665. The molecule has 0 radical (unpaired) electrons. The van der Waals surface area contributed by atoms with Gasteiger partial charge in [0.15, 0.2) is 0 Å². The Morgan fingerprint density at radius 1 is 1.62 bits per heavy atom. The van der Waals surface area contributed by atoms with E-state index in [4.69, 9.17) is 4.74 Å². The van der Waals surface area contributed by atoms with Gasteiger partial charge in [0.2, 0.25) is 0 Å². The molecule has 0 aromatic carbocycles. The molecule has 2 rings (SSSR count). The predicted molar refractivity (Wildman–Crippen MR) is 68.7 cm³/mol. The van der Waals surface area contributed by atoms with Crippen molar-refractivity contribution in [3.63, 3.8) is 0 Å². The lowest BCUT2D eigenvalue weighted by molar-refractivity contribution is 0.111. The first-order valence-electron chi connectivity index (χ1n) is 4.95. The highest BCUT2D eigenvalue weighted by Crippen LogP contribution is 2.14. The monoisotopic (exact) mass is 336 g/mol. The van der Waals surface area contributed by atoms with Gasteiger partial charge in [0.05, 0.1) is 18.5 Å². The number of aromatic nitrogens is 2. The van der Waals surface area contributed by atoms with Crippen LogP contribution in [0.3, 0.4) is 0 Å². The minimum Gasteiger partial charge on any atom is -0.378 e. The van der Waals surface area contributed by atoms with Gasteiger partial charge in [-0.1, -0.05) is 0 Å². The van der Waals surface area contributed by atoms with Crippen molar-refractivity contribution >= 4 is 28.4 Å². The molecule has 2 atom stereocenters. The Morgan fingerprint density at radius 3 is 3.19 bits per heavy atom. The van der Waals surface area contributed by atoms with Gasteiger partial charge in [-0.2, -0.15) is 0 Å². The Hall–Kier alpha value is -0.670. The summed E-state index contributed by atoms with van der Waals surface area (Å²) in [6.45, 7) is 1.62. The molecule has 0 amide bonds. The van der Waals surface area contributed by atoms with E-state index in [2.05, 4.69) is 20.6 Å². The summed E-state index contributed by atoms with van der Waals surface area (Å²) in [5.74, 6) is 0.611. The summed E-state index contributed by atoms with van der Waals surface area (Å²) >= 11 is 1.98. The first-order chi connectivity index (χ1) is 7.72. The molecule has 1 unspecified atom stereocenters. The third kappa shape index (κ3) is 2.36. The number of hydrogen-bond donors (Lipinski definition) is 3. The maximum absolute atomic E-state index is 11.4. The van der Waals surface area contributed by atoms with Crippen LogP contribution in [-0.2, 0) is 4.74 Å². The fourth-order valence-corrected chi connectivity index (χ4v) is 2.16. The van der Waals surface area contributed by atoms with Crippen molar-refractivity contribution in [2.45, 2.75) is 12.1 Å². The summed E-state index contributed by atoms with van der Waals surface area (Å²) in [7, 11) is 1.68. The van der Waals surface area contributed by atoms with Crippen molar-refractivity contribution in [3.05, 3.63) is 20.3 Å². The minimum atomic E-state index is -0.127. The molecule has 0 spiro atoms. The third-order valence-corrected chi connectivity index (χ3v) is 3.58. The summed E-state index contributed by atoms with van der Waals surface area (Å²) in [6, 6.07) is 0.146. The molecule has 1 aliphatic rings. The topological polar surface area (TPSA) is 79.0 Å². The molecule has 1 aromatic rings. The molecule has 6 nitrogen and oxygen atoms in total. The van der Waals surface area contributed by atoms with Gasteiger partial charge in [0.1, 0.15) is 9.39 Å². The average Bonchev–Trinajstić information content (AvgIpc) is 2.72. The van der Waals surface area contributed by atoms with Gasteiger partial charge in [-0.25, -0.2) is 4.98 Å². The van der Waals surface area contributed by atoms with Gasteiger partial charge >= 0.3 is 0 Å². The molecule has 2 heterocycles. The zero-order chi connectivity index (χ0) is 11.5. The Bertz CT molecular complexity index is 422. The van der Waals surface area contributed by atoms with E-state index >= 15 is 0 Å². The normalized spacial score (nSPS) is 24.6. The van der Waals surface area contributed by atoms with E-state index < -0.39 is 0 Å². The lowest BCUT2D eigenvalue weighted by Gasteiger charge is -2.19. The van der Waals surface area contributed by atoms with Crippen molar-refractivity contribution in [2.24, 2.45) is 0 Å². The Kier molecular flexibility index (Phi) is 3.77. The highest BCUT2D eigenvalue weighted by Gasteiger charge is 2.27. The maximum atomic E-state index is 11.4. The summed E-state index contributed by atoms with van der Waals surface area (Å²) in [5, 5.41) is 6.45. The minimum absolute atomic E-state index is 0.108. The number of anilines is 1. The van der Waals surface area contributed by atoms with Crippen LogP contribution in [-0.4, -0.2) is 42.3 Å². The first kappa shape index (κ1) is 11.8. The number of ether oxygens (including phenoxy) is 1. The van der Waals surface area contributed by atoms with Crippen LogP contribution in [0.15, 0.2) is 11.1 Å². The molecule has 7 heteroatoms. The molecule has 1 aromatic heterocycles. The summed E-state index contributed by atoms with van der Waals surface area (Å²) in [5.41, 5.74) is -0.127. The molecular weight excluding hydrogens is 323 g/mol. The van der Waals surface area contributed by atoms with Crippen molar-refractivity contribution in [2.75, 3.05) is 25.5 Å². The lowest BCUT2D eigenvalue weighted by Crippen LogP contribution is -2.34. The van der Waals surface area contributed by atoms with E-state index in [1.807, 2.05) is 22.6 Å². The Labute approximate surface area is 106 Å². The average molecular weight is 336 g/mol. The number of H-pyrrole nitrogens is 1. The van der Waals surface area contributed by atoms with Crippen molar-refractivity contribution < 1.29 is 4.74 Å². The first-order valence-corrected chi connectivity index (χ1v) is 6.03. The molecule has 16 heavy (non-hydrogen) atoms. The highest BCUT2D eigenvalue weighted by atomic mass is 127. The second-order valence-electron chi connectivity index (χ2n) is 3.58. The second kappa shape index (κ2) is 5.11. The Morgan fingerprint density at radius 2 is 2.44 bits per heavy atom. The number of nitrogens with one attached hydrogen (secondary N) is 3. The lowest BCUT2D eigenvalue weighted by atomic mass is 10.2. The van der Waals surface area contributed by atoms with E-state index in [9.17, 15) is 4.79 Å². The van der Waals surface area contributed by atoms with E-state index in [1.165, 1.54) is 6.33 Å². The molecule has 3 N–H and O–H groups in total. The van der Waals surface area contributed by atoms with Gasteiger partial charge in [-0.15, -0.1) is 0 Å². The largest absolute Gasteiger partial charge is 0.378 e. The number of halogens is 1. The molecule has 0 aliphatic carbocycles. The zero-order valence-electron chi connectivity index (χ0n) is 8.79. The maximum Gasteiger partial charge on any atom is 0.266 e. The number of nitrogens with zero attached hydrogens (tertiary/aromatic N) is 1. The summed E-state index contributed by atoms with van der Waals surface area (Å²) in [6.07, 6.45) is 1.51. The van der Waals surface area contributed by atoms with Crippen LogP contribution in [0.1, 0.15) is 0 Å². The second-order valence-corrected chi connectivity index (χ2v) is 4.66. The molecule has 1 saturated heterocycles. The van der Waals surface area contributed by atoms with Crippen LogP contribution in [0.25, 0.3) is 0 Å². The van der Waals surface area contributed by atoms with Crippen LogP contribution >= 0.6 is 22.6 Å². The molecule has 88 valence electrons. The predicted octanol–water partition coefficient (Wildman–Crippen LogP) is -0.227. The van der Waals surface area contributed by atoms with Gasteiger partial charge in [-0.05, 0) is 22.6 Å². The zero-order valence-corrected chi connectivity index (χ0v) is 10.9. The standard InChI is InChI=1S/C9H13IN4O2/c1-16-6-3-11-2-5(6)14-8-7(10)9(15)13-4-12-8/h4-6,11H,2-3H2,1H3,(H2,12,13,14,15)/t5?,6-/m0/s1. The fraction of sp³-hybridized carbons (Fsp3) is 0.556. The van der Waals surface area contributed by atoms with Gasteiger partial charge in [0.25, 0.3) is 5.56 Å². The van der Waals surface area contributed by atoms with Crippen molar-refractivity contribution in [1.82, 2.24) is 15.3 Å². The third-order valence-electron chi connectivity index (χ3n) is 2.58. The molecule has 1 fully saturated rings. The highest BCUT2D eigenvalue weighted by molar-refractivity contribution is 14.1. The summed E-state index contributed by atoms with van der Waals surface area (Å²) < 4.78 is 5.90. The molecule has 0 bridgehead atoms. The fourth-order valence-electron chi connectivity index (χ4n) is 1.71. The van der Waals surface area contributed by atoms with Crippen molar-refractivity contribution in [3.8, 4) is 0 Å². The van der Waals surface area contributed by atoms with Gasteiger partial charge in [-0.3, -0.25) is 4.79 Å². The van der Waals surface area contributed by atoms with E-state index in [-0.39, 0.29) is 17.7 Å². The smallest absolute Gasteiger partial charge is 0.266 e. The van der Waals surface area contributed by atoms with Crippen molar-refractivity contribution in [1.29, 1.82) is 0 Å². The number of methoxy groups -OCH3 is 1. The van der Waals surface area contributed by atoms with Crippen LogP contribution in [0.2, 0.25) is 0 Å². The van der Waals surface area contributed by atoms with E-state index in [0.717, 1.165) is 13.1 Å². The van der Waals surface area contributed by atoms with E-state index in [0.29, 0.717) is 9.39 Å². The van der Waals surface area contributed by atoms with Gasteiger partial charge < -0.3 is 20.4 Å². The summed E-state index contributed by atoms with van der Waals surface area (Å²) in [4.78, 5) is 18.0. The molecule has 0 saturated carbocycles. The van der Waals surface area contributed by atoms with Crippen LogP contribution in [0.5, 0.6) is 0 Å². The van der Waals surface area contributed by atoms with E-state index in [1.54, 1.807) is 7.11 Å². The molecule has 1 aliphatic heterocycles.